The van der Waals surface area contributed by atoms with Crippen molar-refractivity contribution in [3.63, 3.8) is 0 Å². The molecule has 0 saturated carbocycles. The molecule has 0 aromatic carbocycles. The average molecular weight is 344 g/mol. The number of hydrogen-bond donors (Lipinski definition) is 1. The fraction of sp³-hybridized carbons (Fsp3) is 0.471. The van der Waals surface area contributed by atoms with Crippen LogP contribution in [0.5, 0.6) is 0 Å². The summed E-state index contributed by atoms with van der Waals surface area (Å²) in [6.07, 6.45) is 3.55. The van der Waals surface area contributed by atoms with Crippen molar-refractivity contribution in [1.29, 1.82) is 0 Å². The number of hydrogen-bond acceptors (Lipinski definition) is 5. The van der Waals surface area contributed by atoms with Crippen LogP contribution < -0.4 is 10.6 Å². The zero-order valence-corrected chi connectivity index (χ0v) is 15.0. The third kappa shape index (κ3) is 3.84. The van der Waals surface area contributed by atoms with Crippen LogP contribution >= 0.6 is 11.3 Å². The van der Waals surface area contributed by atoms with Crippen molar-refractivity contribution >= 4 is 23.2 Å². The number of rotatable bonds is 4. The van der Waals surface area contributed by atoms with Gasteiger partial charge in [-0.25, -0.2) is 9.97 Å². The number of guanidine groups is 1. The second kappa shape index (κ2) is 7.17. The van der Waals surface area contributed by atoms with Gasteiger partial charge in [0.15, 0.2) is 5.96 Å². The van der Waals surface area contributed by atoms with E-state index in [2.05, 4.69) is 56.1 Å². The summed E-state index contributed by atoms with van der Waals surface area (Å²) in [5.74, 6) is 1.42. The summed E-state index contributed by atoms with van der Waals surface area (Å²) in [6, 6.07) is 6.08. The predicted octanol–water partition coefficient (Wildman–Crippen LogP) is 1.95. The first kappa shape index (κ1) is 16.7. The van der Waals surface area contributed by atoms with Gasteiger partial charge in [-0.15, -0.1) is 11.3 Å². The summed E-state index contributed by atoms with van der Waals surface area (Å²) >= 11 is 1.77. The average Bonchev–Trinajstić information content (AvgIpc) is 3.16. The molecule has 2 N–H and O–H groups in total. The quantitative estimate of drug-likeness (QED) is 0.678. The van der Waals surface area contributed by atoms with Gasteiger partial charge in [-0.05, 0) is 17.5 Å². The third-order valence-corrected chi connectivity index (χ3v) is 5.50. The highest BCUT2D eigenvalue weighted by Gasteiger charge is 2.23. The molecule has 0 atom stereocenters. The monoisotopic (exact) mass is 344 g/mol. The molecule has 1 aliphatic rings. The molecule has 0 spiro atoms. The van der Waals surface area contributed by atoms with Gasteiger partial charge in [0, 0.05) is 48.9 Å². The summed E-state index contributed by atoms with van der Waals surface area (Å²) in [5, 5.41) is 2.11. The second-order valence-corrected chi connectivity index (χ2v) is 7.51. The Labute approximate surface area is 147 Å². The van der Waals surface area contributed by atoms with E-state index in [0.717, 1.165) is 32.1 Å². The van der Waals surface area contributed by atoms with Crippen molar-refractivity contribution in [2.24, 2.45) is 10.7 Å². The number of nitrogens with zero attached hydrogens (tertiary/aromatic N) is 5. The first-order valence-corrected chi connectivity index (χ1v) is 9.05. The van der Waals surface area contributed by atoms with Gasteiger partial charge < -0.3 is 15.5 Å². The SMILES string of the molecule is CC(C)(CN=C(N)N1CCN(c2ncccn2)CC1)c1cccs1. The van der Waals surface area contributed by atoms with Crippen LogP contribution in [0.3, 0.4) is 0 Å². The fourth-order valence-electron chi connectivity index (χ4n) is 2.71. The van der Waals surface area contributed by atoms with Crippen LogP contribution in [0.15, 0.2) is 41.0 Å². The maximum absolute atomic E-state index is 6.22. The van der Waals surface area contributed by atoms with Crippen molar-refractivity contribution in [2.75, 3.05) is 37.6 Å². The Bertz CT molecular complexity index is 660. The first-order chi connectivity index (χ1) is 11.6. The Hall–Kier alpha value is -2.15. The summed E-state index contributed by atoms with van der Waals surface area (Å²) in [4.78, 5) is 18.9. The van der Waals surface area contributed by atoms with E-state index < -0.39 is 0 Å². The molecule has 0 radical (unpaired) electrons. The highest BCUT2D eigenvalue weighted by Crippen LogP contribution is 2.27. The summed E-state index contributed by atoms with van der Waals surface area (Å²) < 4.78 is 0. The van der Waals surface area contributed by atoms with Gasteiger partial charge in [0.05, 0.1) is 6.54 Å². The Morgan fingerprint density at radius 3 is 2.54 bits per heavy atom. The largest absolute Gasteiger partial charge is 0.370 e. The molecule has 0 aliphatic carbocycles. The van der Waals surface area contributed by atoms with Crippen molar-refractivity contribution in [2.45, 2.75) is 19.3 Å². The van der Waals surface area contributed by atoms with Crippen molar-refractivity contribution < 1.29 is 0 Å². The lowest BCUT2D eigenvalue weighted by molar-refractivity contribution is 0.376. The van der Waals surface area contributed by atoms with Gasteiger partial charge in [0.2, 0.25) is 5.95 Å². The molecular formula is C17H24N6S. The molecule has 0 unspecified atom stereocenters. The first-order valence-electron chi connectivity index (χ1n) is 8.17. The number of nitrogens with two attached hydrogens (primary N) is 1. The highest BCUT2D eigenvalue weighted by atomic mass is 32.1. The standard InChI is InChI=1S/C17H24N6S/c1-17(2,14-5-3-12-24-14)13-21-15(18)22-8-10-23(11-9-22)16-19-6-4-7-20-16/h3-7,12H,8-11,13H2,1-2H3,(H2,18,21). The van der Waals surface area contributed by atoms with Crippen LogP contribution in [0.2, 0.25) is 0 Å². The Morgan fingerprint density at radius 2 is 1.92 bits per heavy atom. The van der Waals surface area contributed by atoms with Gasteiger partial charge in [-0.1, -0.05) is 19.9 Å². The lowest BCUT2D eigenvalue weighted by Crippen LogP contribution is -2.51. The van der Waals surface area contributed by atoms with Crippen molar-refractivity contribution in [1.82, 2.24) is 14.9 Å². The molecular weight excluding hydrogens is 320 g/mol. The van der Waals surface area contributed by atoms with Crippen LogP contribution in [0.4, 0.5) is 5.95 Å². The second-order valence-electron chi connectivity index (χ2n) is 6.56. The summed E-state index contributed by atoms with van der Waals surface area (Å²) in [5.41, 5.74) is 6.24. The number of anilines is 1. The van der Waals surface area contributed by atoms with Crippen LogP contribution in [0.1, 0.15) is 18.7 Å². The zero-order valence-electron chi connectivity index (χ0n) is 14.2. The zero-order chi connectivity index (χ0) is 17.0. The van der Waals surface area contributed by atoms with Gasteiger partial charge in [0.25, 0.3) is 0 Å². The van der Waals surface area contributed by atoms with Crippen LogP contribution in [-0.4, -0.2) is 53.6 Å². The molecule has 2 aromatic rings. The Balaban J connectivity index is 1.56. The molecule has 24 heavy (non-hydrogen) atoms. The molecule has 6 nitrogen and oxygen atoms in total. The third-order valence-electron chi connectivity index (χ3n) is 4.26. The number of aliphatic imine (C=N–C) groups is 1. The number of piperazine rings is 1. The lowest BCUT2D eigenvalue weighted by Gasteiger charge is -2.35. The highest BCUT2D eigenvalue weighted by molar-refractivity contribution is 7.10. The Morgan fingerprint density at radius 1 is 1.21 bits per heavy atom. The predicted molar refractivity (Wildman–Crippen MR) is 99.7 cm³/mol. The van der Waals surface area contributed by atoms with Gasteiger partial charge in [-0.2, -0.15) is 0 Å². The smallest absolute Gasteiger partial charge is 0.225 e. The van der Waals surface area contributed by atoms with Crippen molar-refractivity contribution in [3.8, 4) is 0 Å². The van der Waals surface area contributed by atoms with E-state index in [0.29, 0.717) is 12.5 Å². The topological polar surface area (TPSA) is 70.6 Å². The van der Waals surface area contributed by atoms with Gasteiger partial charge >= 0.3 is 0 Å². The molecule has 7 heteroatoms. The summed E-state index contributed by atoms with van der Waals surface area (Å²) in [6.45, 7) is 8.51. The van der Waals surface area contributed by atoms with E-state index in [9.17, 15) is 0 Å². The minimum absolute atomic E-state index is 0.0124. The van der Waals surface area contributed by atoms with Gasteiger partial charge in [0.1, 0.15) is 0 Å². The van der Waals surface area contributed by atoms with E-state index >= 15 is 0 Å². The molecule has 128 valence electrons. The summed E-state index contributed by atoms with van der Waals surface area (Å²) in [7, 11) is 0. The molecule has 3 rings (SSSR count). The maximum Gasteiger partial charge on any atom is 0.225 e. The van der Waals surface area contributed by atoms with E-state index in [1.165, 1.54) is 4.88 Å². The molecule has 0 amide bonds. The van der Waals surface area contributed by atoms with E-state index in [1.54, 1.807) is 23.7 Å². The van der Waals surface area contributed by atoms with E-state index in [1.807, 2.05) is 6.07 Å². The molecule has 1 saturated heterocycles. The van der Waals surface area contributed by atoms with Gasteiger partial charge in [-0.3, -0.25) is 4.99 Å². The molecule has 1 fully saturated rings. The normalized spacial score (nSPS) is 16.5. The number of thiophene rings is 1. The molecule has 0 bridgehead atoms. The lowest BCUT2D eigenvalue weighted by atomic mass is 9.92. The van der Waals surface area contributed by atoms with E-state index in [4.69, 9.17) is 5.73 Å². The molecule has 2 aromatic heterocycles. The Kier molecular flexibility index (Phi) is 4.99. The molecule has 1 aliphatic heterocycles. The number of aromatic nitrogens is 2. The molecule has 3 heterocycles. The minimum Gasteiger partial charge on any atom is -0.370 e. The minimum atomic E-state index is 0.0124. The van der Waals surface area contributed by atoms with Crippen LogP contribution in [0.25, 0.3) is 0 Å². The van der Waals surface area contributed by atoms with E-state index in [-0.39, 0.29) is 5.41 Å². The van der Waals surface area contributed by atoms with Crippen LogP contribution in [-0.2, 0) is 5.41 Å². The van der Waals surface area contributed by atoms with Crippen LogP contribution in [0, 0.1) is 0 Å². The fourth-order valence-corrected chi connectivity index (χ4v) is 3.55. The maximum atomic E-state index is 6.22. The van der Waals surface area contributed by atoms with Crippen molar-refractivity contribution in [3.05, 3.63) is 40.8 Å².